The first-order valence-electron chi connectivity index (χ1n) is 14.4. The monoisotopic (exact) mass is 531 g/mol. The molecule has 0 amide bonds. The molecule has 3 aromatic rings. The van der Waals surface area contributed by atoms with Crippen LogP contribution in [-0.4, -0.2) is 83.9 Å². The van der Waals surface area contributed by atoms with Crippen molar-refractivity contribution in [1.82, 2.24) is 35.5 Å². The first-order chi connectivity index (χ1) is 19.3. The molecule has 39 heavy (non-hydrogen) atoms. The third-order valence-corrected chi connectivity index (χ3v) is 6.94. The van der Waals surface area contributed by atoms with Gasteiger partial charge in [-0.1, -0.05) is 43.3 Å². The SMILES string of the molecule is CCCN(Cc1ccc(CN(CCNCc2ccccn2)CCNCc2ccccn2)cc1)N1CCOCC1. The van der Waals surface area contributed by atoms with Gasteiger partial charge in [-0.2, -0.15) is 0 Å². The summed E-state index contributed by atoms with van der Waals surface area (Å²) in [5.41, 5.74) is 4.86. The highest BCUT2D eigenvalue weighted by molar-refractivity contribution is 5.22. The van der Waals surface area contributed by atoms with Crippen molar-refractivity contribution in [1.29, 1.82) is 0 Å². The lowest BCUT2D eigenvalue weighted by atomic mass is 10.1. The molecule has 0 bridgehead atoms. The van der Waals surface area contributed by atoms with E-state index >= 15 is 0 Å². The lowest BCUT2D eigenvalue weighted by molar-refractivity contribution is -0.0952. The normalized spacial score (nSPS) is 14.3. The van der Waals surface area contributed by atoms with Crippen molar-refractivity contribution in [3.05, 3.63) is 95.6 Å². The van der Waals surface area contributed by atoms with E-state index in [2.05, 4.69) is 78.8 Å². The lowest BCUT2D eigenvalue weighted by Crippen LogP contribution is -2.48. The maximum atomic E-state index is 5.56. The number of nitrogens with one attached hydrogen (secondary N) is 2. The molecule has 1 aliphatic rings. The molecular formula is C31H45N7O. The molecule has 0 atom stereocenters. The molecule has 8 heteroatoms. The van der Waals surface area contributed by atoms with Crippen LogP contribution in [0.3, 0.4) is 0 Å². The zero-order valence-electron chi connectivity index (χ0n) is 23.5. The van der Waals surface area contributed by atoms with Gasteiger partial charge in [-0.25, -0.2) is 10.0 Å². The molecule has 1 aromatic carbocycles. The molecule has 0 radical (unpaired) electrons. The van der Waals surface area contributed by atoms with Crippen LogP contribution in [0.5, 0.6) is 0 Å². The minimum absolute atomic E-state index is 0.790. The predicted octanol–water partition coefficient (Wildman–Crippen LogP) is 3.32. The number of benzene rings is 1. The molecule has 4 rings (SSSR count). The zero-order chi connectivity index (χ0) is 27.0. The van der Waals surface area contributed by atoms with Crippen molar-refractivity contribution in [2.24, 2.45) is 0 Å². The van der Waals surface area contributed by atoms with Crippen molar-refractivity contribution in [2.45, 2.75) is 39.5 Å². The molecule has 1 fully saturated rings. The van der Waals surface area contributed by atoms with E-state index in [1.165, 1.54) is 11.1 Å². The molecule has 8 nitrogen and oxygen atoms in total. The second-order valence-corrected chi connectivity index (χ2v) is 10.0. The number of hydrazine groups is 1. The summed E-state index contributed by atoms with van der Waals surface area (Å²) in [6.07, 6.45) is 4.85. The Hall–Kier alpha value is -2.72. The molecule has 2 aromatic heterocycles. The van der Waals surface area contributed by atoms with Gasteiger partial charge in [0.25, 0.3) is 0 Å². The Morgan fingerprint density at radius 2 is 1.31 bits per heavy atom. The number of nitrogens with zero attached hydrogens (tertiary/aromatic N) is 5. The van der Waals surface area contributed by atoms with E-state index in [9.17, 15) is 0 Å². The van der Waals surface area contributed by atoms with E-state index in [0.29, 0.717) is 0 Å². The molecule has 210 valence electrons. The van der Waals surface area contributed by atoms with Crippen molar-refractivity contribution >= 4 is 0 Å². The first kappa shape index (κ1) is 29.3. The maximum absolute atomic E-state index is 5.56. The number of rotatable bonds is 17. The highest BCUT2D eigenvalue weighted by atomic mass is 16.5. The van der Waals surface area contributed by atoms with Crippen LogP contribution in [0.25, 0.3) is 0 Å². The summed E-state index contributed by atoms with van der Waals surface area (Å²) >= 11 is 0. The van der Waals surface area contributed by atoms with Gasteiger partial charge in [0.15, 0.2) is 0 Å². The van der Waals surface area contributed by atoms with Gasteiger partial charge >= 0.3 is 0 Å². The van der Waals surface area contributed by atoms with E-state index in [1.807, 2.05) is 36.7 Å². The number of hydrogen-bond acceptors (Lipinski definition) is 8. The largest absolute Gasteiger partial charge is 0.379 e. The van der Waals surface area contributed by atoms with Crippen LogP contribution in [0.2, 0.25) is 0 Å². The first-order valence-corrected chi connectivity index (χ1v) is 14.4. The molecule has 0 unspecified atom stereocenters. The number of morpholine rings is 1. The quantitative estimate of drug-likeness (QED) is 0.257. The summed E-state index contributed by atoms with van der Waals surface area (Å²) in [5, 5.41) is 12.1. The molecular weight excluding hydrogens is 486 g/mol. The Morgan fingerprint density at radius 1 is 0.744 bits per heavy atom. The standard InChI is InChI=1S/C31H45N7O/c1-2-17-38(37-20-22-39-23-21-37)27-29-11-9-28(10-12-29)26-36(18-15-32-24-30-7-3-5-13-34-30)19-16-33-25-31-8-4-6-14-35-31/h3-14,32-33H,2,15-27H2,1H3. The lowest BCUT2D eigenvalue weighted by Gasteiger charge is -2.37. The van der Waals surface area contributed by atoms with Gasteiger partial charge < -0.3 is 15.4 Å². The van der Waals surface area contributed by atoms with Crippen LogP contribution >= 0.6 is 0 Å². The van der Waals surface area contributed by atoms with Crippen LogP contribution in [0.1, 0.15) is 35.9 Å². The Kier molecular flexibility index (Phi) is 12.8. The minimum atomic E-state index is 0.790. The number of aromatic nitrogens is 2. The summed E-state index contributed by atoms with van der Waals surface area (Å²) < 4.78 is 5.56. The highest BCUT2D eigenvalue weighted by Crippen LogP contribution is 2.13. The van der Waals surface area contributed by atoms with Gasteiger partial charge in [-0.3, -0.25) is 14.9 Å². The number of ether oxygens (including phenoxy) is 1. The van der Waals surface area contributed by atoms with Crippen molar-refractivity contribution < 1.29 is 4.74 Å². The molecule has 0 saturated carbocycles. The highest BCUT2D eigenvalue weighted by Gasteiger charge is 2.18. The smallest absolute Gasteiger partial charge is 0.0608 e. The van der Waals surface area contributed by atoms with Crippen LogP contribution in [0.15, 0.2) is 73.1 Å². The topological polar surface area (TPSA) is 68.8 Å². The van der Waals surface area contributed by atoms with E-state index in [1.54, 1.807) is 0 Å². The molecule has 1 aliphatic heterocycles. The average molecular weight is 532 g/mol. The Balaban J connectivity index is 1.28. The van der Waals surface area contributed by atoms with E-state index < -0.39 is 0 Å². The third kappa shape index (κ3) is 10.8. The summed E-state index contributed by atoms with van der Waals surface area (Å²) in [6.45, 7) is 14.2. The predicted molar refractivity (Wildman–Crippen MR) is 157 cm³/mol. The van der Waals surface area contributed by atoms with Crippen molar-refractivity contribution in [2.75, 3.05) is 59.0 Å². The fourth-order valence-corrected chi connectivity index (χ4v) is 4.82. The number of pyridine rings is 2. The summed E-state index contributed by atoms with van der Waals surface area (Å²) in [5.74, 6) is 0. The molecule has 0 aliphatic carbocycles. The maximum Gasteiger partial charge on any atom is 0.0608 e. The average Bonchev–Trinajstić information content (AvgIpc) is 2.99. The van der Waals surface area contributed by atoms with Crippen LogP contribution in [0.4, 0.5) is 0 Å². The van der Waals surface area contributed by atoms with E-state index in [0.717, 1.165) is 103 Å². The van der Waals surface area contributed by atoms with Crippen LogP contribution in [0, 0.1) is 0 Å². The van der Waals surface area contributed by atoms with Gasteiger partial charge in [-0.05, 0) is 41.8 Å². The van der Waals surface area contributed by atoms with Gasteiger partial charge in [-0.15, -0.1) is 0 Å². The number of hydrogen-bond donors (Lipinski definition) is 2. The zero-order valence-corrected chi connectivity index (χ0v) is 23.5. The fraction of sp³-hybridized carbons (Fsp3) is 0.484. The summed E-state index contributed by atoms with van der Waals surface area (Å²) in [6, 6.07) is 21.3. The second-order valence-electron chi connectivity index (χ2n) is 10.0. The second kappa shape index (κ2) is 17.1. The van der Waals surface area contributed by atoms with Crippen molar-refractivity contribution in [3.63, 3.8) is 0 Å². The molecule has 2 N–H and O–H groups in total. The van der Waals surface area contributed by atoms with E-state index in [4.69, 9.17) is 4.74 Å². The van der Waals surface area contributed by atoms with Crippen LogP contribution in [-0.2, 0) is 30.9 Å². The van der Waals surface area contributed by atoms with Gasteiger partial charge in [0, 0.05) is 84.4 Å². The Labute approximate surface area is 234 Å². The molecule has 1 saturated heterocycles. The Morgan fingerprint density at radius 3 is 1.82 bits per heavy atom. The van der Waals surface area contributed by atoms with E-state index in [-0.39, 0.29) is 0 Å². The third-order valence-electron chi connectivity index (χ3n) is 6.94. The van der Waals surface area contributed by atoms with Crippen molar-refractivity contribution in [3.8, 4) is 0 Å². The Bertz CT molecular complexity index is 982. The summed E-state index contributed by atoms with van der Waals surface area (Å²) in [4.78, 5) is 11.4. The van der Waals surface area contributed by atoms with Gasteiger partial charge in [0.05, 0.1) is 24.6 Å². The van der Waals surface area contributed by atoms with Gasteiger partial charge in [0.1, 0.15) is 0 Å². The summed E-state index contributed by atoms with van der Waals surface area (Å²) in [7, 11) is 0. The molecule has 3 heterocycles. The molecule has 0 spiro atoms. The van der Waals surface area contributed by atoms with Crippen LogP contribution < -0.4 is 10.6 Å². The minimum Gasteiger partial charge on any atom is -0.379 e. The fourth-order valence-electron chi connectivity index (χ4n) is 4.82. The van der Waals surface area contributed by atoms with Gasteiger partial charge in [0.2, 0.25) is 0 Å².